The summed E-state index contributed by atoms with van der Waals surface area (Å²) in [5.74, 6) is 0.807. The van der Waals surface area contributed by atoms with Crippen molar-refractivity contribution >= 4 is 17.9 Å². The van der Waals surface area contributed by atoms with Gasteiger partial charge in [-0.2, -0.15) is 0 Å². The zero-order valence-electron chi connectivity index (χ0n) is 41.1. The summed E-state index contributed by atoms with van der Waals surface area (Å²) in [6.45, 7) is 11.4. The van der Waals surface area contributed by atoms with E-state index in [0.717, 1.165) is 69.6 Å². The number of hydrogen-bond acceptors (Lipinski definition) is 6. The van der Waals surface area contributed by atoms with Crippen molar-refractivity contribution in [1.82, 2.24) is 0 Å². The Bertz CT molecular complexity index is 916. The third-order valence-corrected chi connectivity index (χ3v) is 12.2. The van der Waals surface area contributed by atoms with Crippen LogP contribution in [-0.2, 0) is 28.6 Å². The van der Waals surface area contributed by atoms with Crippen molar-refractivity contribution < 1.29 is 28.6 Å². The molecule has 0 unspecified atom stereocenters. The molecule has 0 saturated heterocycles. The van der Waals surface area contributed by atoms with Crippen LogP contribution in [0.2, 0.25) is 0 Å². The number of carbonyl (C=O) groups is 3. The maximum atomic E-state index is 12.8. The number of unbranched alkanes of at least 4 members (excludes halogenated alkanes) is 33. The Morgan fingerprint density at radius 1 is 0.317 bits per heavy atom. The smallest absolute Gasteiger partial charge is 0.306 e. The lowest BCUT2D eigenvalue weighted by molar-refractivity contribution is -0.167. The van der Waals surface area contributed by atoms with Crippen LogP contribution in [-0.4, -0.2) is 37.2 Å². The molecular weight excluding hydrogens is 745 g/mol. The molecule has 0 saturated carbocycles. The SMILES string of the molecule is CCCCCCCCCCCCCCCC(=O)O[C@H](COC(=O)CCCCCCCCCCCCCCCCC(C)C)COC(=O)CCCCCCCCCCCC(C)C. The summed E-state index contributed by atoms with van der Waals surface area (Å²) in [6, 6.07) is 0. The van der Waals surface area contributed by atoms with Gasteiger partial charge < -0.3 is 14.2 Å². The number of carbonyl (C=O) groups excluding carboxylic acids is 3. The maximum absolute atomic E-state index is 12.8. The third-order valence-electron chi connectivity index (χ3n) is 12.2. The maximum Gasteiger partial charge on any atom is 0.306 e. The largest absolute Gasteiger partial charge is 0.462 e. The Morgan fingerprint density at radius 2 is 0.550 bits per heavy atom. The van der Waals surface area contributed by atoms with Gasteiger partial charge in [0.1, 0.15) is 13.2 Å². The molecule has 0 heterocycles. The van der Waals surface area contributed by atoms with Crippen LogP contribution < -0.4 is 0 Å². The first kappa shape index (κ1) is 58.4. The lowest BCUT2D eigenvalue weighted by Crippen LogP contribution is -2.30. The Labute approximate surface area is 374 Å². The van der Waals surface area contributed by atoms with Gasteiger partial charge in [0.15, 0.2) is 6.10 Å². The van der Waals surface area contributed by atoms with E-state index in [4.69, 9.17) is 14.2 Å². The Hall–Kier alpha value is -1.59. The molecule has 0 aromatic carbocycles. The number of hydrogen-bond donors (Lipinski definition) is 0. The van der Waals surface area contributed by atoms with Gasteiger partial charge in [0.2, 0.25) is 0 Å². The monoisotopic (exact) mass is 849 g/mol. The molecule has 0 aliphatic heterocycles. The molecule has 1 atom stereocenters. The molecule has 60 heavy (non-hydrogen) atoms. The van der Waals surface area contributed by atoms with Crippen LogP contribution in [0.4, 0.5) is 0 Å². The number of rotatable bonds is 48. The van der Waals surface area contributed by atoms with Crippen LogP contribution in [0.15, 0.2) is 0 Å². The minimum Gasteiger partial charge on any atom is -0.462 e. The van der Waals surface area contributed by atoms with E-state index < -0.39 is 6.10 Å². The van der Waals surface area contributed by atoms with Crippen LogP contribution >= 0.6 is 0 Å². The summed E-state index contributed by atoms with van der Waals surface area (Å²) in [4.78, 5) is 38.0. The van der Waals surface area contributed by atoms with Crippen LogP contribution in [0.1, 0.15) is 298 Å². The highest BCUT2D eigenvalue weighted by Gasteiger charge is 2.19. The highest BCUT2D eigenvalue weighted by Crippen LogP contribution is 2.17. The van der Waals surface area contributed by atoms with Crippen LogP contribution in [0, 0.1) is 11.8 Å². The van der Waals surface area contributed by atoms with Gasteiger partial charge in [0.05, 0.1) is 0 Å². The zero-order valence-corrected chi connectivity index (χ0v) is 41.1. The predicted octanol–water partition coefficient (Wildman–Crippen LogP) is 17.3. The fraction of sp³-hybridized carbons (Fsp3) is 0.944. The highest BCUT2D eigenvalue weighted by atomic mass is 16.6. The molecule has 6 nitrogen and oxygen atoms in total. The first-order chi connectivity index (χ1) is 29.2. The Morgan fingerprint density at radius 3 is 0.817 bits per heavy atom. The summed E-state index contributed by atoms with van der Waals surface area (Å²) in [7, 11) is 0. The standard InChI is InChI=1S/C54H104O6/c1-6-7-8-9-10-11-12-15-20-25-31-36-41-46-54(57)60-51(48-59-53(56)45-40-35-30-26-21-23-28-33-38-43-50(4)5)47-58-52(55)44-39-34-29-24-19-17-14-13-16-18-22-27-32-37-42-49(2)3/h49-51H,6-48H2,1-5H3/t51-/m1/s1. The molecule has 0 fully saturated rings. The van der Waals surface area contributed by atoms with Crippen molar-refractivity contribution in [2.24, 2.45) is 11.8 Å². The Balaban J connectivity index is 4.29. The first-order valence-corrected chi connectivity index (χ1v) is 26.7. The molecular formula is C54H104O6. The molecule has 0 radical (unpaired) electrons. The second kappa shape index (κ2) is 46.9. The molecule has 0 bridgehead atoms. The molecule has 6 heteroatoms. The number of esters is 3. The molecule has 0 rings (SSSR count). The second-order valence-electron chi connectivity index (χ2n) is 19.5. The van der Waals surface area contributed by atoms with E-state index in [1.54, 1.807) is 0 Å². The zero-order chi connectivity index (χ0) is 44.0. The fourth-order valence-corrected chi connectivity index (χ4v) is 8.17. The molecule has 0 N–H and O–H groups in total. The minimum absolute atomic E-state index is 0.0634. The summed E-state index contributed by atoms with van der Waals surface area (Å²) in [5, 5.41) is 0. The van der Waals surface area contributed by atoms with E-state index in [-0.39, 0.29) is 31.1 Å². The molecule has 0 amide bonds. The molecule has 0 spiro atoms. The van der Waals surface area contributed by atoms with E-state index in [9.17, 15) is 14.4 Å². The van der Waals surface area contributed by atoms with Crippen molar-refractivity contribution in [2.75, 3.05) is 13.2 Å². The Kier molecular flexibility index (Phi) is 45.7. The van der Waals surface area contributed by atoms with Gasteiger partial charge in [-0.15, -0.1) is 0 Å². The molecule has 356 valence electrons. The third kappa shape index (κ3) is 47.5. The lowest BCUT2D eigenvalue weighted by atomic mass is 10.0. The quantitative estimate of drug-likeness (QED) is 0.0345. The topological polar surface area (TPSA) is 78.9 Å². The first-order valence-electron chi connectivity index (χ1n) is 26.7. The fourth-order valence-electron chi connectivity index (χ4n) is 8.17. The number of ether oxygens (including phenoxy) is 3. The van der Waals surface area contributed by atoms with E-state index in [0.29, 0.717) is 19.3 Å². The van der Waals surface area contributed by atoms with E-state index in [1.165, 1.54) is 186 Å². The average Bonchev–Trinajstić information content (AvgIpc) is 3.22. The van der Waals surface area contributed by atoms with Gasteiger partial charge in [-0.3, -0.25) is 14.4 Å². The summed E-state index contributed by atoms with van der Waals surface area (Å²) in [5.41, 5.74) is 0. The van der Waals surface area contributed by atoms with E-state index in [1.807, 2.05) is 0 Å². The average molecular weight is 849 g/mol. The predicted molar refractivity (Wildman–Crippen MR) is 256 cm³/mol. The summed E-state index contributed by atoms with van der Waals surface area (Å²) >= 11 is 0. The minimum atomic E-state index is -0.761. The van der Waals surface area contributed by atoms with Crippen molar-refractivity contribution in [2.45, 2.75) is 304 Å². The van der Waals surface area contributed by atoms with Gasteiger partial charge in [0, 0.05) is 19.3 Å². The van der Waals surface area contributed by atoms with Crippen LogP contribution in [0.5, 0.6) is 0 Å². The second-order valence-corrected chi connectivity index (χ2v) is 19.5. The molecule has 0 aliphatic rings. The van der Waals surface area contributed by atoms with E-state index >= 15 is 0 Å². The van der Waals surface area contributed by atoms with Gasteiger partial charge in [-0.25, -0.2) is 0 Å². The summed E-state index contributed by atoms with van der Waals surface area (Å²) < 4.78 is 16.8. The van der Waals surface area contributed by atoms with Gasteiger partial charge >= 0.3 is 17.9 Å². The van der Waals surface area contributed by atoms with Crippen molar-refractivity contribution in [3.63, 3.8) is 0 Å². The summed E-state index contributed by atoms with van der Waals surface area (Å²) in [6.07, 6.45) is 48.0. The van der Waals surface area contributed by atoms with Crippen LogP contribution in [0.3, 0.4) is 0 Å². The van der Waals surface area contributed by atoms with Gasteiger partial charge in [-0.1, -0.05) is 259 Å². The lowest BCUT2D eigenvalue weighted by Gasteiger charge is -2.18. The normalized spacial score (nSPS) is 12.1. The molecule has 0 aromatic heterocycles. The molecule has 0 aromatic rings. The highest BCUT2D eigenvalue weighted by molar-refractivity contribution is 5.71. The van der Waals surface area contributed by atoms with Gasteiger partial charge in [0.25, 0.3) is 0 Å². The molecule has 0 aliphatic carbocycles. The van der Waals surface area contributed by atoms with Crippen LogP contribution in [0.25, 0.3) is 0 Å². The van der Waals surface area contributed by atoms with E-state index in [2.05, 4.69) is 34.6 Å². The van der Waals surface area contributed by atoms with Crippen molar-refractivity contribution in [1.29, 1.82) is 0 Å². The van der Waals surface area contributed by atoms with Crippen molar-refractivity contribution in [3.8, 4) is 0 Å². The van der Waals surface area contributed by atoms with Gasteiger partial charge in [-0.05, 0) is 31.1 Å². The van der Waals surface area contributed by atoms with Crippen molar-refractivity contribution in [3.05, 3.63) is 0 Å².